The lowest BCUT2D eigenvalue weighted by molar-refractivity contribution is -0.137. The van der Waals surface area contributed by atoms with Crippen molar-refractivity contribution < 1.29 is 9.59 Å². The molecule has 2 rings (SSSR count). The van der Waals surface area contributed by atoms with E-state index in [-0.39, 0.29) is 11.8 Å². The Morgan fingerprint density at radius 2 is 1.87 bits per heavy atom. The van der Waals surface area contributed by atoms with Gasteiger partial charge in [-0.1, -0.05) is 19.8 Å². The maximum atomic E-state index is 11.2. The maximum absolute atomic E-state index is 11.2. The summed E-state index contributed by atoms with van der Waals surface area (Å²) in [7, 11) is 0. The second-order valence-corrected chi connectivity index (χ2v) is 4.80. The summed E-state index contributed by atoms with van der Waals surface area (Å²) >= 11 is 0. The van der Waals surface area contributed by atoms with Crippen molar-refractivity contribution in [1.29, 1.82) is 0 Å². The Balaban J connectivity index is 1.96. The van der Waals surface area contributed by atoms with Crippen molar-refractivity contribution >= 4 is 11.8 Å². The van der Waals surface area contributed by atoms with Gasteiger partial charge in [0, 0.05) is 6.04 Å². The highest BCUT2D eigenvalue weighted by atomic mass is 16.2. The number of piperazine rings is 1. The highest BCUT2D eigenvalue weighted by molar-refractivity contribution is 5.99. The van der Waals surface area contributed by atoms with Crippen LogP contribution in [0.25, 0.3) is 0 Å². The predicted molar refractivity (Wildman–Crippen MR) is 56.1 cm³/mol. The van der Waals surface area contributed by atoms with Gasteiger partial charge in [-0.15, -0.1) is 0 Å². The first-order valence-corrected chi connectivity index (χ1v) is 5.72. The average molecular weight is 210 g/mol. The second kappa shape index (κ2) is 4.31. The van der Waals surface area contributed by atoms with Crippen LogP contribution in [-0.2, 0) is 9.59 Å². The van der Waals surface area contributed by atoms with Crippen LogP contribution in [0.5, 0.6) is 0 Å². The van der Waals surface area contributed by atoms with E-state index >= 15 is 0 Å². The van der Waals surface area contributed by atoms with Crippen LogP contribution >= 0.6 is 0 Å². The quantitative estimate of drug-likeness (QED) is 0.642. The Hall–Kier alpha value is -0.900. The largest absolute Gasteiger partial charge is 0.294 e. The third-order valence-electron chi connectivity index (χ3n) is 3.40. The number of nitrogens with one attached hydrogen (secondary N) is 1. The molecule has 1 N–H and O–H groups in total. The van der Waals surface area contributed by atoms with E-state index in [1.165, 1.54) is 12.8 Å². The van der Waals surface area contributed by atoms with Gasteiger partial charge in [0.2, 0.25) is 11.8 Å². The molecule has 1 saturated heterocycles. The lowest BCUT2D eigenvalue weighted by Crippen LogP contribution is -2.55. The Labute approximate surface area is 90.0 Å². The normalized spacial score (nSPS) is 33.9. The summed E-state index contributed by atoms with van der Waals surface area (Å²) in [6.07, 6.45) is 4.76. The van der Waals surface area contributed by atoms with Crippen molar-refractivity contribution in [2.45, 2.75) is 38.6 Å². The van der Waals surface area contributed by atoms with E-state index in [2.05, 4.69) is 12.2 Å². The fourth-order valence-corrected chi connectivity index (χ4v) is 2.65. The molecule has 4 nitrogen and oxygen atoms in total. The Bertz CT molecular complexity index is 262. The number of hydrogen-bond donors (Lipinski definition) is 1. The summed E-state index contributed by atoms with van der Waals surface area (Å²) in [6, 6.07) is 0.434. The van der Waals surface area contributed by atoms with Crippen LogP contribution in [0.4, 0.5) is 0 Å². The van der Waals surface area contributed by atoms with Crippen LogP contribution in [0.3, 0.4) is 0 Å². The van der Waals surface area contributed by atoms with Gasteiger partial charge in [-0.25, -0.2) is 0 Å². The third kappa shape index (κ3) is 2.56. The maximum Gasteiger partial charge on any atom is 0.240 e. The molecule has 0 aromatic carbocycles. The van der Waals surface area contributed by atoms with Gasteiger partial charge >= 0.3 is 0 Å². The topological polar surface area (TPSA) is 49.4 Å². The molecule has 0 radical (unpaired) electrons. The molecule has 0 spiro atoms. The number of imide groups is 1. The van der Waals surface area contributed by atoms with Crippen molar-refractivity contribution in [3.63, 3.8) is 0 Å². The summed E-state index contributed by atoms with van der Waals surface area (Å²) in [5.74, 6) is 0.429. The molecule has 15 heavy (non-hydrogen) atoms. The lowest BCUT2D eigenvalue weighted by atomic mass is 9.86. The molecule has 2 atom stereocenters. The first-order chi connectivity index (χ1) is 7.15. The lowest BCUT2D eigenvalue weighted by Gasteiger charge is -2.37. The zero-order chi connectivity index (χ0) is 10.8. The number of carbonyl (C=O) groups is 2. The van der Waals surface area contributed by atoms with E-state index in [1.807, 2.05) is 4.90 Å². The fourth-order valence-electron chi connectivity index (χ4n) is 2.65. The smallest absolute Gasteiger partial charge is 0.240 e. The minimum absolute atomic E-state index is 0.149. The first-order valence-electron chi connectivity index (χ1n) is 5.72. The Kier molecular flexibility index (Phi) is 3.05. The molecule has 84 valence electrons. The second-order valence-electron chi connectivity index (χ2n) is 4.80. The van der Waals surface area contributed by atoms with Gasteiger partial charge in [0.1, 0.15) is 0 Å². The molecule has 0 bridgehead atoms. The van der Waals surface area contributed by atoms with Crippen molar-refractivity contribution in [3.8, 4) is 0 Å². The van der Waals surface area contributed by atoms with Crippen LogP contribution in [0.15, 0.2) is 0 Å². The van der Waals surface area contributed by atoms with Crippen LogP contribution in [0, 0.1) is 5.92 Å². The van der Waals surface area contributed by atoms with E-state index in [4.69, 9.17) is 0 Å². The van der Waals surface area contributed by atoms with Gasteiger partial charge in [-0.3, -0.25) is 19.8 Å². The number of nitrogens with zero attached hydrogens (tertiary/aromatic N) is 1. The van der Waals surface area contributed by atoms with Gasteiger partial charge in [-0.05, 0) is 18.8 Å². The molecule has 1 aliphatic heterocycles. The molecule has 0 aromatic rings. The van der Waals surface area contributed by atoms with Crippen LogP contribution in [0.2, 0.25) is 0 Å². The number of rotatable bonds is 1. The van der Waals surface area contributed by atoms with Crippen molar-refractivity contribution in [2.75, 3.05) is 13.1 Å². The molecule has 2 fully saturated rings. The zero-order valence-corrected chi connectivity index (χ0v) is 9.16. The SMILES string of the molecule is CC1CCCC(N2CC(=O)NC(=O)C2)C1. The van der Waals surface area contributed by atoms with Crippen molar-refractivity contribution in [3.05, 3.63) is 0 Å². The van der Waals surface area contributed by atoms with E-state index < -0.39 is 0 Å². The molecular weight excluding hydrogens is 192 g/mol. The van der Waals surface area contributed by atoms with E-state index in [0.717, 1.165) is 18.8 Å². The molecule has 2 aliphatic rings. The number of carbonyl (C=O) groups excluding carboxylic acids is 2. The van der Waals surface area contributed by atoms with Crippen LogP contribution < -0.4 is 5.32 Å². The van der Waals surface area contributed by atoms with Gasteiger partial charge in [-0.2, -0.15) is 0 Å². The van der Waals surface area contributed by atoms with Gasteiger partial charge in [0.05, 0.1) is 13.1 Å². The van der Waals surface area contributed by atoms with Gasteiger partial charge in [0.15, 0.2) is 0 Å². The highest BCUT2D eigenvalue weighted by Gasteiger charge is 2.30. The summed E-state index contributed by atoms with van der Waals surface area (Å²) in [5.41, 5.74) is 0. The number of hydrogen-bond acceptors (Lipinski definition) is 3. The van der Waals surface area contributed by atoms with Crippen LogP contribution in [-0.4, -0.2) is 35.8 Å². The molecule has 1 heterocycles. The molecule has 4 heteroatoms. The monoisotopic (exact) mass is 210 g/mol. The minimum Gasteiger partial charge on any atom is -0.294 e. The standard InChI is InChI=1S/C11H18N2O2/c1-8-3-2-4-9(5-8)13-6-10(14)12-11(15)7-13/h8-9H,2-7H2,1H3,(H,12,14,15). The Morgan fingerprint density at radius 1 is 1.20 bits per heavy atom. The minimum atomic E-state index is -0.149. The van der Waals surface area contributed by atoms with Crippen molar-refractivity contribution in [2.24, 2.45) is 5.92 Å². The molecule has 0 aromatic heterocycles. The average Bonchev–Trinajstić information content (AvgIpc) is 2.16. The highest BCUT2D eigenvalue weighted by Crippen LogP contribution is 2.27. The predicted octanol–water partition coefficient (Wildman–Crippen LogP) is 0.524. The summed E-state index contributed by atoms with van der Waals surface area (Å²) in [4.78, 5) is 24.5. The van der Waals surface area contributed by atoms with Crippen molar-refractivity contribution in [1.82, 2.24) is 10.2 Å². The molecule has 2 unspecified atom stereocenters. The van der Waals surface area contributed by atoms with E-state index in [0.29, 0.717) is 19.1 Å². The van der Waals surface area contributed by atoms with Crippen LogP contribution in [0.1, 0.15) is 32.6 Å². The summed E-state index contributed by atoms with van der Waals surface area (Å²) in [6.45, 7) is 3.03. The first kappa shape index (κ1) is 10.6. The van der Waals surface area contributed by atoms with Gasteiger partial charge in [0.25, 0.3) is 0 Å². The molecular formula is C11H18N2O2. The Morgan fingerprint density at radius 3 is 2.47 bits per heavy atom. The zero-order valence-electron chi connectivity index (χ0n) is 9.16. The fraction of sp³-hybridized carbons (Fsp3) is 0.818. The van der Waals surface area contributed by atoms with E-state index in [9.17, 15) is 9.59 Å². The van der Waals surface area contributed by atoms with Gasteiger partial charge < -0.3 is 0 Å². The number of amides is 2. The summed E-state index contributed by atoms with van der Waals surface area (Å²) in [5, 5.41) is 2.34. The third-order valence-corrected chi connectivity index (χ3v) is 3.40. The summed E-state index contributed by atoms with van der Waals surface area (Å²) < 4.78 is 0. The molecule has 2 amide bonds. The van der Waals surface area contributed by atoms with E-state index in [1.54, 1.807) is 0 Å². The molecule has 1 aliphatic carbocycles. The molecule has 1 saturated carbocycles.